The molecule has 0 aliphatic rings. The van der Waals surface area contributed by atoms with Crippen molar-refractivity contribution >= 4 is 44.0 Å². The summed E-state index contributed by atoms with van der Waals surface area (Å²) in [5.41, 5.74) is 3.02. The van der Waals surface area contributed by atoms with Gasteiger partial charge in [-0.1, -0.05) is 42.8 Å². The quantitative estimate of drug-likeness (QED) is 0.270. The van der Waals surface area contributed by atoms with Crippen LogP contribution in [0.15, 0.2) is 60.8 Å². The second-order valence-electron chi connectivity index (χ2n) is 9.50. The first-order chi connectivity index (χ1) is 16.6. The Kier molecular flexibility index (Phi) is 7.74. The van der Waals surface area contributed by atoms with Crippen LogP contribution in [0.5, 0.6) is 0 Å². The summed E-state index contributed by atoms with van der Waals surface area (Å²) >= 11 is 7.95. The Hall–Kier alpha value is -2.16. The SMILES string of the molecule is CC(CO)c1ccnc(-c2cccc3cc(C(NS(=O)C(C)(C)C)c4c(F)cccc4Cl)sc23)c1. The predicted octanol–water partition coefficient (Wildman–Crippen LogP) is 6.99. The van der Waals surface area contributed by atoms with Crippen molar-refractivity contribution in [3.05, 3.63) is 87.6 Å². The van der Waals surface area contributed by atoms with Gasteiger partial charge < -0.3 is 5.11 Å². The number of fused-ring (bicyclic) bond motifs is 1. The summed E-state index contributed by atoms with van der Waals surface area (Å²) in [7, 11) is -1.46. The molecule has 4 aromatic rings. The minimum Gasteiger partial charge on any atom is -0.396 e. The number of halogens is 2. The van der Waals surface area contributed by atoms with E-state index < -0.39 is 27.6 Å². The number of nitrogens with zero attached hydrogens (tertiary/aromatic N) is 1. The zero-order chi connectivity index (χ0) is 25.3. The molecule has 3 atom stereocenters. The lowest BCUT2D eigenvalue weighted by atomic mass is 10.00. The molecule has 0 aliphatic heterocycles. The van der Waals surface area contributed by atoms with Gasteiger partial charge in [-0.25, -0.2) is 13.3 Å². The molecule has 0 saturated heterocycles. The number of hydrogen-bond acceptors (Lipinski definition) is 4. The highest BCUT2D eigenvalue weighted by Crippen LogP contribution is 2.41. The Morgan fingerprint density at radius 2 is 1.91 bits per heavy atom. The molecular formula is C27H28ClFN2O2S2. The number of benzene rings is 2. The van der Waals surface area contributed by atoms with Gasteiger partial charge in [0.2, 0.25) is 0 Å². The number of aromatic nitrogens is 1. The number of pyridine rings is 1. The second kappa shape index (κ2) is 10.4. The maximum atomic E-state index is 15.0. The molecule has 0 aliphatic carbocycles. The number of thiophene rings is 1. The van der Waals surface area contributed by atoms with E-state index in [1.165, 1.54) is 17.4 Å². The zero-order valence-corrected chi connectivity index (χ0v) is 22.4. The van der Waals surface area contributed by atoms with Crippen LogP contribution in [0.1, 0.15) is 55.7 Å². The summed E-state index contributed by atoms with van der Waals surface area (Å²) in [5.74, 6) is -0.454. The third-order valence-corrected chi connectivity index (χ3v) is 8.96. The lowest BCUT2D eigenvalue weighted by Crippen LogP contribution is -2.36. The molecule has 2 N–H and O–H groups in total. The number of aliphatic hydroxyl groups is 1. The highest BCUT2D eigenvalue weighted by Gasteiger charge is 2.29. The largest absolute Gasteiger partial charge is 0.396 e. The normalized spacial score (nSPS) is 14.7. The lowest BCUT2D eigenvalue weighted by Gasteiger charge is -2.25. The summed E-state index contributed by atoms with van der Waals surface area (Å²) in [5, 5.41) is 10.8. The molecule has 2 aromatic carbocycles. The molecule has 184 valence electrons. The van der Waals surface area contributed by atoms with Crippen molar-refractivity contribution in [1.29, 1.82) is 0 Å². The van der Waals surface area contributed by atoms with Crippen LogP contribution in [-0.4, -0.2) is 25.7 Å². The van der Waals surface area contributed by atoms with Crippen LogP contribution in [0, 0.1) is 5.82 Å². The average Bonchev–Trinajstić information content (AvgIpc) is 3.26. The van der Waals surface area contributed by atoms with Gasteiger partial charge >= 0.3 is 0 Å². The lowest BCUT2D eigenvalue weighted by molar-refractivity contribution is 0.273. The molecule has 0 radical (unpaired) electrons. The van der Waals surface area contributed by atoms with Gasteiger partial charge in [0.1, 0.15) is 5.82 Å². The van der Waals surface area contributed by atoms with Crippen LogP contribution in [0.4, 0.5) is 4.39 Å². The maximum Gasteiger partial charge on any atom is 0.129 e. The Bertz CT molecular complexity index is 1360. The van der Waals surface area contributed by atoms with Crippen LogP contribution < -0.4 is 4.72 Å². The summed E-state index contributed by atoms with van der Waals surface area (Å²) in [6.07, 6.45) is 1.75. The molecule has 4 nitrogen and oxygen atoms in total. The monoisotopic (exact) mass is 530 g/mol. The molecule has 2 heterocycles. The van der Waals surface area contributed by atoms with Crippen LogP contribution >= 0.6 is 22.9 Å². The Balaban J connectivity index is 1.86. The van der Waals surface area contributed by atoms with E-state index in [9.17, 15) is 9.32 Å². The Labute approximate surface area is 216 Å². The fourth-order valence-electron chi connectivity index (χ4n) is 3.76. The average molecular weight is 531 g/mol. The fourth-order valence-corrected chi connectivity index (χ4v) is 6.17. The number of rotatable bonds is 7. The Morgan fingerprint density at radius 3 is 2.60 bits per heavy atom. The molecule has 0 bridgehead atoms. The van der Waals surface area contributed by atoms with Crippen LogP contribution in [0.25, 0.3) is 21.3 Å². The first-order valence-corrected chi connectivity index (χ1v) is 13.7. The first kappa shape index (κ1) is 25.9. The van der Waals surface area contributed by atoms with Gasteiger partial charge in [0, 0.05) is 44.4 Å². The standard InChI is InChI=1S/C27H28ClFN2O2S2/c1-16(15-32)17-11-12-30-22(13-17)19-8-5-7-18-14-23(34-26(18)19)25(31-35(33)27(2,3)4)24-20(28)9-6-10-21(24)29/h5-14,16,25,31-32H,15H2,1-4H3. The van der Waals surface area contributed by atoms with E-state index in [2.05, 4.69) is 9.71 Å². The third kappa shape index (κ3) is 5.49. The molecule has 0 amide bonds. The van der Waals surface area contributed by atoms with Crippen LogP contribution in [-0.2, 0) is 11.0 Å². The molecule has 0 saturated carbocycles. The van der Waals surface area contributed by atoms with E-state index >= 15 is 4.39 Å². The maximum absolute atomic E-state index is 15.0. The van der Waals surface area contributed by atoms with E-state index in [4.69, 9.17) is 11.6 Å². The zero-order valence-electron chi connectivity index (χ0n) is 20.0. The van der Waals surface area contributed by atoms with E-state index in [0.29, 0.717) is 0 Å². The highest BCUT2D eigenvalue weighted by molar-refractivity contribution is 7.84. The van der Waals surface area contributed by atoms with E-state index in [1.807, 2.05) is 64.1 Å². The van der Waals surface area contributed by atoms with Gasteiger partial charge in [0.05, 0.1) is 27.5 Å². The van der Waals surface area contributed by atoms with E-state index in [0.717, 1.165) is 31.8 Å². The molecule has 0 fully saturated rings. The van der Waals surface area contributed by atoms with Crippen LogP contribution in [0.3, 0.4) is 0 Å². The van der Waals surface area contributed by atoms with Gasteiger partial charge in [-0.15, -0.1) is 11.3 Å². The third-order valence-electron chi connectivity index (χ3n) is 5.82. The topological polar surface area (TPSA) is 62.2 Å². The van der Waals surface area contributed by atoms with Gasteiger partial charge in [-0.2, -0.15) is 0 Å². The molecule has 3 unspecified atom stereocenters. The van der Waals surface area contributed by atoms with Crippen molar-refractivity contribution in [2.75, 3.05) is 6.61 Å². The van der Waals surface area contributed by atoms with Gasteiger partial charge in [-0.05, 0) is 62.1 Å². The van der Waals surface area contributed by atoms with Crippen molar-refractivity contribution in [2.24, 2.45) is 0 Å². The first-order valence-electron chi connectivity index (χ1n) is 11.3. The fraction of sp³-hybridized carbons (Fsp3) is 0.296. The molecular weight excluding hydrogens is 503 g/mol. The molecule has 2 aromatic heterocycles. The molecule has 35 heavy (non-hydrogen) atoms. The van der Waals surface area contributed by atoms with E-state index in [1.54, 1.807) is 18.3 Å². The van der Waals surface area contributed by atoms with Crippen molar-refractivity contribution in [2.45, 2.75) is 44.4 Å². The predicted molar refractivity (Wildman–Crippen MR) is 145 cm³/mol. The van der Waals surface area contributed by atoms with Gasteiger partial charge in [0.25, 0.3) is 0 Å². The minimum atomic E-state index is -1.46. The van der Waals surface area contributed by atoms with Gasteiger partial charge in [0.15, 0.2) is 0 Å². The summed E-state index contributed by atoms with van der Waals surface area (Å²) in [4.78, 5) is 5.38. The Morgan fingerprint density at radius 1 is 1.17 bits per heavy atom. The number of nitrogens with one attached hydrogen (secondary N) is 1. The van der Waals surface area contributed by atoms with Crippen LogP contribution in [0.2, 0.25) is 5.02 Å². The smallest absolute Gasteiger partial charge is 0.129 e. The molecule has 0 spiro atoms. The number of hydrogen-bond donors (Lipinski definition) is 2. The summed E-state index contributed by atoms with van der Waals surface area (Å²) in [6.45, 7) is 7.62. The highest BCUT2D eigenvalue weighted by atomic mass is 35.5. The van der Waals surface area contributed by atoms with Crippen molar-refractivity contribution < 1.29 is 13.7 Å². The molecule has 8 heteroatoms. The van der Waals surface area contributed by atoms with Crippen molar-refractivity contribution in [3.63, 3.8) is 0 Å². The van der Waals surface area contributed by atoms with Crippen molar-refractivity contribution in [1.82, 2.24) is 9.71 Å². The molecule has 4 rings (SSSR count). The summed E-state index contributed by atoms with van der Waals surface area (Å²) < 4.78 is 31.7. The van der Waals surface area contributed by atoms with E-state index in [-0.39, 0.29) is 23.1 Å². The second-order valence-corrected chi connectivity index (χ2v) is 13.0. The minimum absolute atomic E-state index is 0.000921. The van der Waals surface area contributed by atoms with Gasteiger partial charge in [-0.3, -0.25) is 4.98 Å². The van der Waals surface area contributed by atoms with Crippen molar-refractivity contribution in [3.8, 4) is 11.3 Å². The number of aliphatic hydroxyl groups excluding tert-OH is 1. The summed E-state index contributed by atoms with van der Waals surface area (Å²) in [6, 6.07) is 15.7.